The number of carbonyl (C=O) groups is 2. The number of imidazole rings is 1. The molecule has 2 amide bonds. The van der Waals surface area contributed by atoms with Crippen LogP contribution in [0.5, 0.6) is 0 Å². The topological polar surface area (TPSA) is 88.4 Å². The van der Waals surface area contributed by atoms with E-state index >= 15 is 0 Å². The minimum Gasteiger partial charge on any atom is -0.351 e. The van der Waals surface area contributed by atoms with Gasteiger partial charge in [0.15, 0.2) is 0 Å². The van der Waals surface area contributed by atoms with E-state index in [1.54, 1.807) is 0 Å². The van der Waals surface area contributed by atoms with Crippen molar-refractivity contribution in [2.75, 3.05) is 6.54 Å². The van der Waals surface area contributed by atoms with Crippen molar-refractivity contribution in [3.8, 4) is 0 Å². The van der Waals surface area contributed by atoms with E-state index in [0.717, 1.165) is 28.8 Å². The van der Waals surface area contributed by atoms with Gasteiger partial charge in [-0.2, -0.15) is 5.10 Å². The number of benzene rings is 1. The molecule has 7 heteroatoms. The number of aromatic nitrogens is 2. The zero-order chi connectivity index (χ0) is 18.0. The van der Waals surface area contributed by atoms with Gasteiger partial charge in [0.05, 0.1) is 11.0 Å². The molecule has 2 aromatic rings. The summed E-state index contributed by atoms with van der Waals surface area (Å²) in [6.07, 6.45) is 1.41. The molecule has 0 aliphatic carbocycles. The van der Waals surface area contributed by atoms with Gasteiger partial charge in [-0.25, -0.2) is 10.4 Å². The molecule has 0 saturated carbocycles. The van der Waals surface area contributed by atoms with E-state index in [4.69, 9.17) is 4.98 Å². The van der Waals surface area contributed by atoms with Crippen LogP contribution in [0, 0.1) is 0 Å². The maximum Gasteiger partial charge on any atom is 0.267 e. The molecule has 2 N–H and O–H groups in total. The van der Waals surface area contributed by atoms with E-state index in [1.807, 2.05) is 7.05 Å². The lowest BCUT2D eigenvalue weighted by Crippen LogP contribution is -2.37. The molecule has 0 unspecified atom stereocenters. The van der Waals surface area contributed by atoms with Gasteiger partial charge < -0.3 is 9.88 Å². The number of hydrogen-bond donors (Lipinski definition) is 2. The molecule has 1 aromatic carbocycles. The molecule has 25 heavy (non-hydrogen) atoms. The lowest BCUT2D eigenvalue weighted by Gasteiger charge is -2.11. The Kier molecular flexibility index (Phi) is 4.83. The van der Waals surface area contributed by atoms with E-state index in [2.05, 4.69) is 52.5 Å². The van der Waals surface area contributed by atoms with Crippen LogP contribution in [-0.2, 0) is 23.1 Å². The van der Waals surface area contributed by atoms with Crippen LogP contribution in [-0.4, -0.2) is 33.6 Å². The first-order valence-electron chi connectivity index (χ1n) is 8.54. The van der Waals surface area contributed by atoms with Crippen LogP contribution in [0.4, 0.5) is 0 Å². The number of rotatable bonds is 5. The molecule has 7 nitrogen and oxygen atoms in total. The van der Waals surface area contributed by atoms with E-state index < -0.39 is 0 Å². The van der Waals surface area contributed by atoms with Gasteiger partial charge in [0, 0.05) is 32.4 Å². The highest BCUT2D eigenvalue weighted by Crippen LogP contribution is 2.21. The van der Waals surface area contributed by atoms with E-state index in [0.29, 0.717) is 31.0 Å². The molecular formula is C18H23N5O2. The second-order valence-electron chi connectivity index (χ2n) is 6.61. The zero-order valence-electron chi connectivity index (χ0n) is 14.8. The predicted octanol–water partition coefficient (Wildman–Crippen LogP) is 1.62. The molecule has 2 heterocycles. The summed E-state index contributed by atoms with van der Waals surface area (Å²) in [5.74, 6) is 1.07. The first kappa shape index (κ1) is 17.1. The number of aryl methyl sites for hydroxylation is 1. The molecule has 3 rings (SSSR count). The third-order valence-electron chi connectivity index (χ3n) is 4.36. The summed E-state index contributed by atoms with van der Waals surface area (Å²) in [4.78, 5) is 27.8. The SMILES string of the molecule is CC(C)c1nc2cc(CCNC(=O)C3=NNC(=O)CC3)ccc2n1C. The molecule has 0 bridgehead atoms. The Morgan fingerprint density at radius 1 is 1.36 bits per heavy atom. The summed E-state index contributed by atoms with van der Waals surface area (Å²) in [6.45, 7) is 4.78. The smallest absolute Gasteiger partial charge is 0.267 e. The van der Waals surface area contributed by atoms with Gasteiger partial charge in [-0.05, 0) is 24.1 Å². The standard InChI is InChI=1S/C18H23N5O2/c1-11(2)17-20-14-10-12(4-6-15(14)23(17)3)8-9-19-18(25)13-5-7-16(24)22-21-13/h4,6,10-11H,5,7-9H2,1-3H3,(H,19,25)(H,22,24). The average molecular weight is 341 g/mol. The third kappa shape index (κ3) is 3.70. The number of amides is 2. The van der Waals surface area contributed by atoms with Gasteiger partial charge in [-0.15, -0.1) is 0 Å². The normalized spacial score (nSPS) is 14.6. The Balaban J connectivity index is 1.62. The van der Waals surface area contributed by atoms with Crippen LogP contribution in [0.25, 0.3) is 11.0 Å². The zero-order valence-corrected chi connectivity index (χ0v) is 14.8. The third-order valence-corrected chi connectivity index (χ3v) is 4.36. The van der Waals surface area contributed by atoms with Crippen molar-refractivity contribution in [2.45, 2.75) is 39.0 Å². The van der Waals surface area contributed by atoms with Crippen molar-refractivity contribution in [3.63, 3.8) is 0 Å². The quantitative estimate of drug-likeness (QED) is 0.866. The van der Waals surface area contributed by atoms with Gasteiger partial charge in [0.25, 0.3) is 5.91 Å². The van der Waals surface area contributed by atoms with Crippen molar-refractivity contribution in [2.24, 2.45) is 12.1 Å². The van der Waals surface area contributed by atoms with Crippen LogP contribution < -0.4 is 10.7 Å². The average Bonchev–Trinajstić information content (AvgIpc) is 2.92. The van der Waals surface area contributed by atoms with Crippen molar-refractivity contribution < 1.29 is 9.59 Å². The number of hydrogen-bond acceptors (Lipinski definition) is 4. The van der Waals surface area contributed by atoms with Crippen molar-refractivity contribution in [3.05, 3.63) is 29.6 Å². The van der Waals surface area contributed by atoms with Crippen LogP contribution in [0.15, 0.2) is 23.3 Å². The van der Waals surface area contributed by atoms with Gasteiger partial charge in [0.1, 0.15) is 11.5 Å². The van der Waals surface area contributed by atoms with Crippen molar-refractivity contribution in [1.29, 1.82) is 0 Å². The number of carbonyl (C=O) groups excluding carboxylic acids is 2. The summed E-state index contributed by atoms with van der Waals surface area (Å²) in [6, 6.07) is 6.22. The number of hydrazone groups is 1. The minimum absolute atomic E-state index is 0.152. The van der Waals surface area contributed by atoms with Crippen LogP contribution >= 0.6 is 0 Å². The number of nitrogens with one attached hydrogen (secondary N) is 2. The Morgan fingerprint density at radius 3 is 2.84 bits per heavy atom. The highest BCUT2D eigenvalue weighted by molar-refractivity contribution is 6.39. The van der Waals surface area contributed by atoms with Crippen molar-refractivity contribution >= 4 is 28.6 Å². The van der Waals surface area contributed by atoms with E-state index in [9.17, 15) is 9.59 Å². The molecule has 0 atom stereocenters. The summed E-state index contributed by atoms with van der Waals surface area (Å²) >= 11 is 0. The minimum atomic E-state index is -0.221. The first-order chi connectivity index (χ1) is 12.0. The van der Waals surface area contributed by atoms with Gasteiger partial charge >= 0.3 is 0 Å². The fourth-order valence-electron chi connectivity index (χ4n) is 3.00. The van der Waals surface area contributed by atoms with Crippen molar-refractivity contribution in [1.82, 2.24) is 20.3 Å². The monoisotopic (exact) mass is 341 g/mol. The van der Waals surface area contributed by atoms with E-state index in [-0.39, 0.29) is 11.8 Å². The van der Waals surface area contributed by atoms with Crippen LogP contribution in [0.3, 0.4) is 0 Å². The molecule has 0 spiro atoms. The van der Waals surface area contributed by atoms with Crippen LogP contribution in [0.1, 0.15) is 44.0 Å². The predicted molar refractivity (Wildman–Crippen MR) is 96.3 cm³/mol. The fourth-order valence-corrected chi connectivity index (χ4v) is 3.00. The summed E-state index contributed by atoms with van der Waals surface area (Å²) in [5, 5.41) is 6.65. The molecular weight excluding hydrogens is 318 g/mol. The highest BCUT2D eigenvalue weighted by atomic mass is 16.2. The Labute approximate surface area is 146 Å². The second-order valence-corrected chi connectivity index (χ2v) is 6.61. The summed E-state index contributed by atoms with van der Waals surface area (Å²) in [5.41, 5.74) is 5.93. The Morgan fingerprint density at radius 2 is 2.16 bits per heavy atom. The maximum atomic E-state index is 12.0. The molecule has 1 aliphatic heterocycles. The first-order valence-corrected chi connectivity index (χ1v) is 8.54. The molecule has 0 saturated heterocycles. The number of nitrogens with zero attached hydrogens (tertiary/aromatic N) is 3. The molecule has 0 fully saturated rings. The summed E-state index contributed by atoms with van der Waals surface area (Å²) in [7, 11) is 2.04. The maximum absolute atomic E-state index is 12.0. The van der Waals surface area contributed by atoms with Gasteiger partial charge in [0.2, 0.25) is 5.91 Å². The molecule has 1 aromatic heterocycles. The number of fused-ring (bicyclic) bond motifs is 1. The second kappa shape index (κ2) is 7.04. The molecule has 132 valence electrons. The van der Waals surface area contributed by atoms with Gasteiger partial charge in [-0.3, -0.25) is 9.59 Å². The van der Waals surface area contributed by atoms with Crippen LogP contribution in [0.2, 0.25) is 0 Å². The Hall–Kier alpha value is -2.70. The molecule has 0 radical (unpaired) electrons. The lowest BCUT2D eigenvalue weighted by molar-refractivity contribution is -0.121. The Bertz CT molecular complexity index is 851. The van der Waals surface area contributed by atoms with Gasteiger partial charge in [-0.1, -0.05) is 19.9 Å². The fraction of sp³-hybridized carbons (Fsp3) is 0.444. The summed E-state index contributed by atoms with van der Waals surface area (Å²) < 4.78 is 2.13. The highest BCUT2D eigenvalue weighted by Gasteiger charge is 2.17. The lowest BCUT2D eigenvalue weighted by atomic mass is 10.1. The molecule has 1 aliphatic rings. The largest absolute Gasteiger partial charge is 0.351 e. The van der Waals surface area contributed by atoms with E-state index in [1.165, 1.54) is 0 Å².